The van der Waals surface area contributed by atoms with Gasteiger partial charge in [0.1, 0.15) is 17.3 Å². The molecule has 8 rings (SSSR count). The van der Waals surface area contributed by atoms with Gasteiger partial charge in [0.2, 0.25) is 0 Å². The van der Waals surface area contributed by atoms with Gasteiger partial charge in [-0.2, -0.15) is 6.07 Å². The molecule has 2 aromatic heterocycles. The van der Waals surface area contributed by atoms with Crippen LogP contribution in [0.25, 0.3) is 27.6 Å². The molecule has 0 N–H and O–H groups in total. The summed E-state index contributed by atoms with van der Waals surface area (Å²) in [7, 11) is 0. The topological polar surface area (TPSA) is 48.6 Å². The first-order valence-electron chi connectivity index (χ1n) is 17.3. The van der Waals surface area contributed by atoms with Crippen molar-refractivity contribution < 1.29 is 30.5 Å². The monoisotopic (exact) mass is 840 g/mol. The summed E-state index contributed by atoms with van der Waals surface area (Å²) in [4.78, 5) is 10.2. The van der Waals surface area contributed by atoms with Crippen molar-refractivity contribution in [3.63, 3.8) is 0 Å². The summed E-state index contributed by atoms with van der Waals surface area (Å²) in [5, 5.41) is 2.36. The average Bonchev–Trinajstić information content (AvgIpc) is 3.53. The van der Waals surface area contributed by atoms with E-state index >= 15 is 0 Å². The first-order valence-corrected chi connectivity index (χ1v) is 17.3. The minimum Gasteiger partial charge on any atom is -0.508 e. The van der Waals surface area contributed by atoms with Gasteiger partial charge in [-0.3, -0.25) is 4.99 Å². The molecule has 6 aromatic rings. The van der Waals surface area contributed by atoms with E-state index in [-0.39, 0.29) is 32.4 Å². The maximum absolute atomic E-state index is 6.89. The van der Waals surface area contributed by atoms with Crippen molar-refractivity contribution in [2.45, 2.75) is 85.8 Å². The van der Waals surface area contributed by atoms with E-state index in [4.69, 9.17) is 19.5 Å². The molecule has 0 spiro atoms. The predicted octanol–water partition coefficient (Wildman–Crippen LogP) is 10.5. The van der Waals surface area contributed by atoms with Crippen molar-refractivity contribution in [3.8, 4) is 17.3 Å². The van der Waals surface area contributed by atoms with E-state index in [9.17, 15) is 0 Å². The van der Waals surface area contributed by atoms with Gasteiger partial charge in [0, 0.05) is 34.2 Å². The van der Waals surface area contributed by atoms with Gasteiger partial charge in [0.15, 0.2) is 0 Å². The Bertz CT molecular complexity index is 2370. The Morgan fingerprint density at radius 3 is 2.20 bits per heavy atom. The van der Waals surface area contributed by atoms with Crippen LogP contribution in [0.5, 0.6) is 11.5 Å². The molecule has 4 heterocycles. The molecule has 0 amide bonds. The van der Waals surface area contributed by atoms with Gasteiger partial charge in [-0.05, 0) is 49.3 Å². The average molecular weight is 841 g/mol. The van der Waals surface area contributed by atoms with Gasteiger partial charge in [-0.15, -0.1) is 28.6 Å². The van der Waals surface area contributed by atoms with Crippen molar-refractivity contribution in [1.29, 1.82) is 0 Å². The SMILES string of the molecule is Cc1cc2c3c(c1)c1cc(C)c(Oc4[c-]c(C5=N[C@](C)(C(C)C)[C@@](C)(c6ccccc6)O5)c(C)cc4C)[c-]c1n3-c1ncccc1C2(C)C.[Pt+2]. The first-order chi connectivity index (χ1) is 23.2. The van der Waals surface area contributed by atoms with Crippen LogP contribution >= 0.6 is 0 Å². The molecule has 0 unspecified atom stereocenters. The molecule has 0 saturated heterocycles. The Morgan fingerprint density at radius 2 is 1.48 bits per heavy atom. The zero-order valence-electron chi connectivity index (χ0n) is 30.5. The van der Waals surface area contributed by atoms with E-state index in [1.807, 2.05) is 18.3 Å². The third-order valence-electron chi connectivity index (χ3n) is 11.4. The van der Waals surface area contributed by atoms with Gasteiger partial charge < -0.3 is 14.0 Å². The Kier molecular flexibility index (Phi) is 7.99. The molecular formula is C44H43N3O2Pt. The van der Waals surface area contributed by atoms with Crippen LogP contribution in [0.15, 0.2) is 77.9 Å². The van der Waals surface area contributed by atoms with E-state index in [1.54, 1.807) is 0 Å². The third kappa shape index (κ3) is 4.76. The van der Waals surface area contributed by atoms with E-state index in [0.717, 1.165) is 44.5 Å². The van der Waals surface area contributed by atoms with Crippen LogP contribution < -0.4 is 4.74 Å². The maximum Gasteiger partial charge on any atom is 2.00 e. The molecular weight excluding hydrogens is 798 g/mol. The minimum absolute atomic E-state index is 0. The maximum atomic E-state index is 6.89. The van der Waals surface area contributed by atoms with Crippen LogP contribution in [0.2, 0.25) is 0 Å². The fourth-order valence-electron chi connectivity index (χ4n) is 8.08. The number of fused-ring (bicyclic) bond motifs is 5. The number of ether oxygens (including phenoxy) is 2. The van der Waals surface area contributed by atoms with Crippen LogP contribution in [0.4, 0.5) is 0 Å². The summed E-state index contributed by atoms with van der Waals surface area (Å²) in [6.07, 6.45) is 1.88. The minimum atomic E-state index is -0.645. The van der Waals surface area contributed by atoms with Crippen molar-refractivity contribution in [3.05, 3.63) is 130 Å². The number of aliphatic imine (C=N–C) groups is 1. The molecule has 0 aliphatic carbocycles. The van der Waals surface area contributed by atoms with Gasteiger partial charge in [-0.25, -0.2) is 4.98 Å². The van der Waals surface area contributed by atoms with Crippen LogP contribution in [0, 0.1) is 45.7 Å². The normalized spacial score (nSPS) is 20.4. The van der Waals surface area contributed by atoms with Crippen molar-refractivity contribution >= 4 is 27.7 Å². The number of pyridine rings is 1. The summed E-state index contributed by atoms with van der Waals surface area (Å²) in [5.74, 6) is 3.07. The Morgan fingerprint density at radius 1 is 0.780 bits per heavy atom. The second-order valence-corrected chi connectivity index (χ2v) is 15.2. The quantitative estimate of drug-likeness (QED) is 0.163. The zero-order valence-corrected chi connectivity index (χ0v) is 32.8. The summed E-state index contributed by atoms with van der Waals surface area (Å²) in [6.45, 7) is 21.8. The van der Waals surface area contributed by atoms with E-state index in [0.29, 0.717) is 17.4 Å². The molecule has 4 aromatic carbocycles. The predicted molar refractivity (Wildman–Crippen MR) is 198 cm³/mol. The van der Waals surface area contributed by atoms with Gasteiger partial charge in [0.05, 0.1) is 5.54 Å². The second-order valence-electron chi connectivity index (χ2n) is 15.2. The molecule has 0 radical (unpaired) electrons. The number of rotatable bonds is 5. The third-order valence-corrected chi connectivity index (χ3v) is 11.4. The van der Waals surface area contributed by atoms with Crippen molar-refractivity contribution in [1.82, 2.24) is 9.55 Å². The van der Waals surface area contributed by atoms with Crippen molar-refractivity contribution in [2.75, 3.05) is 0 Å². The smallest absolute Gasteiger partial charge is 0.508 e. The standard InChI is InChI=1S/C44H43N3O2.Pt/c1-25(2)43(9)44(10,30-15-12-11-13-16-30)49-41(46-43)31-23-37(28(5)21-27(31)4)48-38-24-36-32(22-29(38)6)33-19-26(3)20-35-39(33)47(36)40-34(42(35,7)8)17-14-18-45-40;/h11-22,25H,1-10H3;/q-2;+2/t43-,44-;/m1./s1. The summed E-state index contributed by atoms with van der Waals surface area (Å²) >= 11 is 0. The largest absolute Gasteiger partial charge is 2.00 e. The van der Waals surface area contributed by atoms with Crippen LogP contribution in [0.3, 0.4) is 0 Å². The molecule has 6 heteroatoms. The molecule has 2 atom stereocenters. The molecule has 5 nitrogen and oxygen atoms in total. The van der Waals surface area contributed by atoms with Crippen molar-refractivity contribution in [2.24, 2.45) is 10.9 Å². The molecule has 2 aliphatic rings. The molecule has 256 valence electrons. The van der Waals surface area contributed by atoms with Crippen LogP contribution in [0.1, 0.15) is 86.1 Å². The number of hydrogen-bond donors (Lipinski definition) is 0. The number of benzene rings is 4. The number of aromatic nitrogens is 2. The Balaban J connectivity index is 0.00000392. The number of nitrogens with zero attached hydrogens (tertiary/aromatic N) is 3. The van der Waals surface area contributed by atoms with Crippen LogP contribution in [-0.2, 0) is 36.8 Å². The molecule has 0 saturated carbocycles. The number of aryl methyl sites for hydroxylation is 4. The molecule has 0 bridgehead atoms. The van der Waals surface area contributed by atoms with E-state index in [1.165, 1.54) is 27.6 Å². The zero-order chi connectivity index (χ0) is 34.6. The van der Waals surface area contributed by atoms with E-state index in [2.05, 4.69) is 141 Å². The second kappa shape index (κ2) is 11.7. The fraction of sp³-hybridized carbons (Fsp3) is 0.318. The van der Waals surface area contributed by atoms with Crippen LogP contribution in [-0.4, -0.2) is 21.0 Å². The van der Waals surface area contributed by atoms with Gasteiger partial charge in [0.25, 0.3) is 0 Å². The Labute approximate surface area is 310 Å². The first kappa shape index (κ1) is 34.2. The van der Waals surface area contributed by atoms with E-state index < -0.39 is 11.1 Å². The summed E-state index contributed by atoms with van der Waals surface area (Å²) in [6, 6.07) is 31.0. The van der Waals surface area contributed by atoms with Gasteiger partial charge >= 0.3 is 21.1 Å². The van der Waals surface area contributed by atoms with Gasteiger partial charge in [-0.1, -0.05) is 125 Å². The summed E-state index contributed by atoms with van der Waals surface area (Å²) in [5.41, 5.74) is 9.51. The summed E-state index contributed by atoms with van der Waals surface area (Å²) < 4.78 is 16.0. The number of hydrogen-bond acceptors (Lipinski definition) is 4. The molecule has 2 aliphatic heterocycles. The Hall–Kier alpha value is -4.21. The molecule has 50 heavy (non-hydrogen) atoms. The molecule has 0 fully saturated rings. The fourth-order valence-corrected chi connectivity index (χ4v) is 8.08.